The van der Waals surface area contributed by atoms with Crippen molar-refractivity contribution < 1.29 is 22.6 Å². The van der Waals surface area contributed by atoms with E-state index in [1.165, 1.54) is 0 Å². The Bertz CT molecular complexity index is 499. The third-order valence-corrected chi connectivity index (χ3v) is 2.81. The molecule has 0 aliphatic carbocycles. The molecule has 0 aromatic heterocycles. The molecule has 1 aliphatic rings. The number of rotatable bonds is 5. The summed E-state index contributed by atoms with van der Waals surface area (Å²) in [5, 5.41) is 0. The summed E-state index contributed by atoms with van der Waals surface area (Å²) in [4.78, 5) is 0. The van der Waals surface area contributed by atoms with Crippen molar-refractivity contribution in [2.75, 3.05) is 26.2 Å². The number of nitrogens with one attached hydrogen (secondary N) is 1. The molecule has 0 bridgehead atoms. The molecule has 6 nitrogen and oxygen atoms in total. The number of ether oxygens (including phenoxy) is 3. The first kappa shape index (κ1) is 12.0. The second-order valence-electron chi connectivity index (χ2n) is 3.53. The van der Waals surface area contributed by atoms with Crippen LogP contribution >= 0.6 is 0 Å². The fourth-order valence-corrected chi connectivity index (χ4v) is 1.82. The van der Waals surface area contributed by atoms with Crippen LogP contribution < -0.4 is 18.9 Å². The third kappa shape index (κ3) is 3.50. The van der Waals surface area contributed by atoms with Crippen LogP contribution in [0.1, 0.15) is 0 Å². The van der Waals surface area contributed by atoms with Crippen LogP contribution in [-0.4, -0.2) is 34.6 Å². The van der Waals surface area contributed by atoms with E-state index >= 15 is 0 Å². The minimum atomic E-state index is -3.16. The minimum absolute atomic E-state index is 0.217. The maximum absolute atomic E-state index is 10.8. The molecule has 0 unspecified atom stereocenters. The Morgan fingerprint density at radius 3 is 2.88 bits per heavy atom. The Labute approximate surface area is 99.5 Å². The molecule has 0 fully saturated rings. The van der Waals surface area contributed by atoms with Crippen LogP contribution in [0.5, 0.6) is 17.2 Å². The van der Waals surface area contributed by atoms with E-state index in [-0.39, 0.29) is 19.9 Å². The van der Waals surface area contributed by atoms with Crippen molar-refractivity contribution in [2.24, 2.45) is 0 Å². The normalized spacial score (nSPS) is 13.7. The summed E-state index contributed by atoms with van der Waals surface area (Å²) >= 11 is 0. The van der Waals surface area contributed by atoms with E-state index in [2.05, 4.69) is 4.72 Å². The quantitative estimate of drug-likeness (QED) is 0.772. The highest BCUT2D eigenvalue weighted by atomic mass is 32.2. The van der Waals surface area contributed by atoms with Crippen molar-refractivity contribution in [2.45, 2.75) is 0 Å². The topological polar surface area (TPSA) is 73.9 Å². The van der Waals surface area contributed by atoms with E-state index in [0.29, 0.717) is 17.2 Å². The average Bonchev–Trinajstić information content (AvgIpc) is 2.70. The lowest BCUT2D eigenvalue weighted by atomic mass is 10.3. The van der Waals surface area contributed by atoms with Crippen molar-refractivity contribution in [3.05, 3.63) is 18.2 Å². The highest BCUT2D eigenvalue weighted by Crippen LogP contribution is 2.34. The van der Waals surface area contributed by atoms with E-state index < -0.39 is 10.0 Å². The van der Waals surface area contributed by atoms with Crippen LogP contribution in [0.3, 0.4) is 0 Å². The lowest BCUT2D eigenvalue weighted by Crippen LogP contribution is -2.26. The van der Waals surface area contributed by atoms with E-state index in [4.69, 9.17) is 14.2 Å². The van der Waals surface area contributed by atoms with Gasteiger partial charge in [0.05, 0.1) is 6.26 Å². The molecule has 1 aromatic rings. The molecule has 7 heteroatoms. The van der Waals surface area contributed by atoms with Crippen LogP contribution in [0, 0.1) is 0 Å². The van der Waals surface area contributed by atoms with E-state index in [0.717, 1.165) is 6.26 Å². The first-order valence-corrected chi connectivity index (χ1v) is 6.91. The molecule has 0 spiro atoms. The smallest absolute Gasteiger partial charge is 0.231 e. The molecule has 1 heterocycles. The maximum atomic E-state index is 10.8. The summed E-state index contributed by atoms with van der Waals surface area (Å²) in [6, 6.07) is 5.21. The largest absolute Gasteiger partial charge is 0.492 e. The molecule has 0 radical (unpaired) electrons. The standard InChI is InChI=1S/C10H13NO5S/c1-17(12,13)11-4-5-14-8-2-3-9-10(6-8)16-7-15-9/h2-3,6,11H,4-5,7H2,1H3. The molecule has 0 amide bonds. The lowest BCUT2D eigenvalue weighted by Gasteiger charge is -2.07. The number of sulfonamides is 1. The van der Waals surface area contributed by atoms with Gasteiger partial charge in [-0.05, 0) is 12.1 Å². The van der Waals surface area contributed by atoms with Gasteiger partial charge >= 0.3 is 0 Å². The molecule has 0 saturated heterocycles. The third-order valence-electron chi connectivity index (χ3n) is 2.08. The molecule has 1 aromatic carbocycles. The van der Waals surface area contributed by atoms with Gasteiger partial charge in [0.1, 0.15) is 12.4 Å². The van der Waals surface area contributed by atoms with Crippen molar-refractivity contribution in [3.63, 3.8) is 0 Å². The van der Waals surface area contributed by atoms with Gasteiger partial charge in [-0.2, -0.15) is 0 Å². The van der Waals surface area contributed by atoms with Crippen molar-refractivity contribution in [3.8, 4) is 17.2 Å². The van der Waals surface area contributed by atoms with Gasteiger partial charge in [-0.1, -0.05) is 0 Å². The first-order valence-electron chi connectivity index (χ1n) is 5.02. The maximum Gasteiger partial charge on any atom is 0.231 e. The Morgan fingerprint density at radius 1 is 1.35 bits per heavy atom. The fraction of sp³-hybridized carbons (Fsp3) is 0.400. The van der Waals surface area contributed by atoms with E-state index in [1.54, 1.807) is 18.2 Å². The average molecular weight is 259 g/mol. The molecule has 0 saturated carbocycles. The van der Waals surface area contributed by atoms with E-state index in [1.807, 2.05) is 0 Å². The van der Waals surface area contributed by atoms with E-state index in [9.17, 15) is 8.42 Å². The van der Waals surface area contributed by atoms with Gasteiger partial charge in [0, 0.05) is 12.6 Å². The number of benzene rings is 1. The van der Waals surface area contributed by atoms with Crippen LogP contribution in [-0.2, 0) is 10.0 Å². The summed E-state index contributed by atoms with van der Waals surface area (Å²) in [7, 11) is -3.16. The second kappa shape index (κ2) is 4.80. The fourth-order valence-electron chi connectivity index (χ4n) is 1.36. The first-order chi connectivity index (χ1) is 8.04. The summed E-state index contributed by atoms with van der Waals surface area (Å²) in [6.45, 7) is 0.703. The number of hydrogen-bond donors (Lipinski definition) is 1. The zero-order valence-corrected chi connectivity index (χ0v) is 10.1. The molecular weight excluding hydrogens is 246 g/mol. The van der Waals surface area contributed by atoms with Gasteiger partial charge in [-0.25, -0.2) is 13.1 Å². The van der Waals surface area contributed by atoms with Gasteiger partial charge in [-0.3, -0.25) is 0 Å². The van der Waals surface area contributed by atoms with Gasteiger partial charge < -0.3 is 14.2 Å². The molecular formula is C10H13NO5S. The lowest BCUT2D eigenvalue weighted by molar-refractivity contribution is 0.173. The summed E-state index contributed by atoms with van der Waals surface area (Å²) < 4.78 is 39.6. The zero-order valence-electron chi connectivity index (χ0n) is 9.30. The summed E-state index contributed by atoms with van der Waals surface area (Å²) in [5.74, 6) is 1.94. The Kier molecular flexibility index (Phi) is 3.39. The minimum Gasteiger partial charge on any atom is -0.492 e. The van der Waals surface area contributed by atoms with Gasteiger partial charge in [0.25, 0.3) is 0 Å². The van der Waals surface area contributed by atoms with Gasteiger partial charge in [-0.15, -0.1) is 0 Å². The van der Waals surface area contributed by atoms with Crippen LogP contribution in [0.2, 0.25) is 0 Å². The Hall–Kier alpha value is -1.47. The number of fused-ring (bicyclic) bond motifs is 1. The molecule has 0 atom stereocenters. The Balaban J connectivity index is 1.84. The predicted molar refractivity (Wildman–Crippen MR) is 60.9 cm³/mol. The summed E-state index contributed by atoms with van der Waals surface area (Å²) in [6.07, 6.45) is 1.10. The monoisotopic (exact) mass is 259 g/mol. The molecule has 1 aliphatic heterocycles. The molecule has 1 N–H and O–H groups in total. The van der Waals surface area contributed by atoms with Crippen LogP contribution in [0.15, 0.2) is 18.2 Å². The SMILES string of the molecule is CS(=O)(=O)NCCOc1ccc2c(c1)OCO2. The van der Waals surface area contributed by atoms with Crippen molar-refractivity contribution in [1.82, 2.24) is 4.72 Å². The number of hydrogen-bond acceptors (Lipinski definition) is 5. The molecule has 94 valence electrons. The molecule has 2 rings (SSSR count). The summed E-state index contributed by atoms with van der Waals surface area (Å²) in [5.41, 5.74) is 0. The second-order valence-corrected chi connectivity index (χ2v) is 5.36. The molecule has 17 heavy (non-hydrogen) atoms. The van der Waals surface area contributed by atoms with Crippen molar-refractivity contribution in [1.29, 1.82) is 0 Å². The van der Waals surface area contributed by atoms with Crippen molar-refractivity contribution >= 4 is 10.0 Å². The van der Waals surface area contributed by atoms with Gasteiger partial charge in [0.2, 0.25) is 16.8 Å². The highest BCUT2D eigenvalue weighted by molar-refractivity contribution is 7.88. The zero-order chi connectivity index (χ0) is 12.3. The predicted octanol–water partition coefficient (Wildman–Crippen LogP) is 0.343. The van der Waals surface area contributed by atoms with Crippen LogP contribution in [0.25, 0.3) is 0 Å². The Morgan fingerprint density at radius 2 is 2.12 bits per heavy atom. The highest BCUT2D eigenvalue weighted by Gasteiger charge is 2.13. The van der Waals surface area contributed by atoms with Gasteiger partial charge in [0.15, 0.2) is 11.5 Å². The van der Waals surface area contributed by atoms with Crippen LogP contribution in [0.4, 0.5) is 0 Å².